The van der Waals surface area contributed by atoms with Crippen molar-refractivity contribution < 1.29 is 5.11 Å². The van der Waals surface area contributed by atoms with Gasteiger partial charge in [0, 0.05) is 11.6 Å². The Balaban J connectivity index is 2.90. The molecule has 0 aliphatic carbocycles. The van der Waals surface area contributed by atoms with E-state index in [0.717, 1.165) is 16.1 Å². The summed E-state index contributed by atoms with van der Waals surface area (Å²) in [6.45, 7) is 13.1. The van der Waals surface area contributed by atoms with Crippen molar-refractivity contribution in [2.24, 2.45) is 0 Å². The van der Waals surface area contributed by atoms with Gasteiger partial charge >= 0.3 is 0 Å². The van der Waals surface area contributed by atoms with Gasteiger partial charge in [-0.25, -0.2) is 0 Å². The molecule has 0 aromatic heterocycles. The molecule has 0 spiro atoms. The molecule has 2 N–H and O–H groups in total. The van der Waals surface area contributed by atoms with E-state index < -0.39 is 0 Å². The summed E-state index contributed by atoms with van der Waals surface area (Å²) in [6, 6.07) is 4.15. The second-order valence-electron chi connectivity index (χ2n) is 5.68. The van der Waals surface area contributed by atoms with Crippen LogP contribution in [0, 0.1) is 6.92 Å². The van der Waals surface area contributed by atoms with Crippen molar-refractivity contribution in [1.29, 1.82) is 0 Å². The molecule has 0 fully saturated rings. The Morgan fingerprint density at radius 3 is 2.50 bits per heavy atom. The monoisotopic (exact) mass is 267 g/mol. The Hall–Kier alpha value is -0.990. The Bertz CT molecular complexity index is 447. The molecule has 0 radical (unpaired) electrons. The van der Waals surface area contributed by atoms with Crippen LogP contribution in [0.15, 0.2) is 24.5 Å². The molecule has 2 nitrogen and oxygen atoms in total. The lowest BCUT2D eigenvalue weighted by molar-refractivity contribution is 0.391. The second-order valence-corrected chi connectivity index (χ2v) is 6.09. The van der Waals surface area contributed by atoms with Crippen molar-refractivity contribution in [1.82, 2.24) is 5.32 Å². The third kappa shape index (κ3) is 4.04. The molecule has 0 heterocycles. The molecule has 18 heavy (non-hydrogen) atoms. The number of hydrogen-bond acceptors (Lipinski definition) is 2. The van der Waals surface area contributed by atoms with Gasteiger partial charge in [-0.15, -0.1) is 0 Å². The Morgan fingerprint density at radius 2 is 2.00 bits per heavy atom. The summed E-state index contributed by atoms with van der Waals surface area (Å²) in [7, 11) is 0. The zero-order valence-corrected chi connectivity index (χ0v) is 12.4. The predicted octanol–water partition coefficient (Wildman–Crippen LogP) is 4.11. The smallest absolute Gasteiger partial charge is 0.0989 e. The van der Waals surface area contributed by atoms with Crippen LogP contribution in [-0.4, -0.2) is 11.7 Å². The standard InChI is InChI=1S/C15H22ClNO/c1-10-6-13(15(3,4)5)14(16)7-12(10)9-17-8-11(2)18/h6-7,17-18H,2,8-9H2,1,3-5H3. The Kier molecular flexibility index (Phi) is 4.83. The summed E-state index contributed by atoms with van der Waals surface area (Å²) in [5, 5.41) is 12.9. The first-order valence-electron chi connectivity index (χ1n) is 6.09. The lowest BCUT2D eigenvalue weighted by atomic mass is 9.85. The van der Waals surface area contributed by atoms with E-state index in [-0.39, 0.29) is 11.2 Å². The van der Waals surface area contributed by atoms with Gasteiger partial charge in [0.15, 0.2) is 0 Å². The number of halogens is 1. The van der Waals surface area contributed by atoms with Crippen molar-refractivity contribution in [3.8, 4) is 0 Å². The molecule has 0 atom stereocenters. The SMILES string of the molecule is C=C(O)CNCc1cc(Cl)c(C(C)(C)C)cc1C. The molecule has 0 aliphatic heterocycles. The van der Waals surface area contributed by atoms with Crippen molar-refractivity contribution in [3.63, 3.8) is 0 Å². The van der Waals surface area contributed by atoms with Crippen LogP contribution in [0.25, 0.3) is 0 Å². The van der Waals surface area contributed by atoms with E-state index in [4.69, 9.17) is 16.7 Å². The van der Waals surface area contributed by atoms with E-state index in [1.54, 1.807) is 0 Å². The lowest BCUT2D eigenvalue weighted by Gasteiger charge is -2.22. The maximum absolute atomic E-state index is 9.02. The first-order chi connectivity index (χ1) is 8.21. The number of hydrogen-bond donors (Lipinski definition) is 2. The number of aliphatic hydroxyl groups is 1. The maximum atomic E-state index is 9.02. The van der Waals surface area contributed by atoms with E-state index in [1.807, 2.05) is 6.07 Å². The van der Waals surface area contributed by atoms with Gasteiger partial charge in [0.25, 0.3) is 0 Å². The molecule has 3 heteroatoms. The molecule has 0 amide bonds. The number of nitrogens with one attached hydrogen (secondary N) is 1. The molecular weight excluding hydrogens is 246 g/mol. The van der Waals surface area contributed by atoms with E-state index in [2.05, 4.69) is 45.7 Å². The molecular formula is C15H22ClNO. The first kappa shape index (κ1) is 15.1. The highest BCUT2D eigenvalue weighted by Crippen LogP contribution is 2.31. The second kappa shape index (κ2) is 5.77. The molecule has 1 rings (SSSR count). The summed E-state index contributed by atoms with van der Waals surface area (Å²) in [5.74, 6) is 0.144. The molecule has 1 aromatic carbocycles. The fraction of sp³-hybridized carbons (Fsp3) is 0.467. The van der Waals surface area contributed by atoms with Gasteiger partial charge in [0.1, 0.15) is 0 Å². The fourth-order valence-corrected chi connectivity index (χ4v) is 2.30. The molecule has 0 aliphatic rings. The topological polar surface area (TPSA) is 32.3 Å². The van der Waals surface area contributed by atoms with Crippen LogP contribution >= 0.6 is 11.6 Å². The third-order valence-corrected chi connectivity index (χ3v) is 3.19. The summed E-state index contributed by atoms with van der Waals surface area (Å²) < 4.78 is 0. The van der Waals surface area contributed by atoms with Crippen molar-refractivity contribution in [2.45, 2.75) is 39.7 Å². The molecule has 0 unspecified atom stereocenters. The zero-order valence-electron chi connectivity index (χ0n) is 11.6. The van der Waals surface area contributed by atoms with Gasteiger partial charge in [-0.05, 0) is 35.1 Å². The van der Waals surface area contributed by atoms with Crippen LogP contribution in [-0.2, 0) is 12.0 Å². The Labute approximate surface area is 115 Å². The minimum absolute atomic E-state index is 0.0488. The summed E-state index contributed by atoms with van der Waals surface area (Å²) in [4.78, 5) is 0. The summed E-state index contributed by atoms with van der Waals surface area (Å²) in [6.07, 6.45) is 0. The fourth-order valence-electron chi connectivity index (χ4n) is 1.83. The molecule has 0 bridgehead atoms. The average Bonchev–Trinajstić information content (AvgIpc) is 2.20. The van der Waals surface area contributed by atoms with Gasteiger partial charge in [0.2, 0.25) is 0 Å². The quantitative estimate of drug-likeness (QED) is 0.805. The number of rotatable bonds is 4. The van der Waals surface area contributed by atoms with Gasteiger partial charge in [-0.2, -0.15) is 0 Å². The first-order valence-corrected chi connectivity index (χ1v) is 6.46. The minimum Gasteiger partial charge on any atom is -0.512 e. The normalized spacial score (nSPS) is 11.6. The van der Waals surface area contributed by atoms with E-state index >= 15 is 0 Å². The van der Waals surface area contributed by atoms with Crippen LogP contribution in [0.1, 0.15) is 37.5 Å². The average molecular weight is 268 g/mol. The van der Waals surface area contributed by atoms with E-state index in [1.165, 1.54) is 5.56 Å². The van der Waals surface area contributed by atoms with Gasteiger partial charge in [-0.1, -0.05) is 45.0 Å². The summed E-state index contributed by atoms with van der Waals surface area (Å²) in [5.41, 5.74) is 3.57. The Morgan fingerprint density at radius 1 is 1.39 bits per heavy atom. The molecule has 0 saturated heterocycles. The number of aliphatic hydroxyl groups excluding tert-OH is 1. The zero-order chi connectivity index (χ0) is 13.9. The molecule has 1 aromatic rings. The van der Waals surface area contributed by atoms with Crippen LogP contribution in [0.4, 0.5) is 0 Å². The van der Waals surface area contributed by atoms with Crippen molar-refractivity contribution >= 4 is 11.6 Å². The number of benzene rings is 1. The van der Waals surface area contributed by atoms with Gasteiger partial charge < -0.3 is 10.4 Å². The van der Waals surface area contributed by atoms with Crippen LogP contribution < -0.4 is 5.32 Å². The highest BCUT2D eigenvalue weighted by molar-refractivity contribution is 6.31. The third-order valence-electron chi connectivity index (χ3n) is 2.88. The van der Waals surface area contributed by atoms with Gasteiger partial charge in [-0.3, -0.25) is 0 Å². The predicted molar refractivity (Wildman–Crippen MR) is 78.4 cm³/mol. The highest BCUT2D eigenvalue weighted by Gasteiger charge is 2.18. The molecule has 100 valence electrons. The highest BCUT2D eigenvalue weighted by atomic mass is 35.5. The lowest BCUT2D eigenvalue weighted by Crippen LogP contribution is -2.18. The van der Waals surface area contributed by atoms with Crippen molar-refractivity contribution in [2.75, 3.05) is 6.54 Å². The van der Waals surface area contributed by atoms with Crippen molar-refractivity contribution in [3.05, 3.63) is 46.2 Å². The van der Waals surface area contributed by atoms with Crippen LogP contribution in [0.3, 0.4) is 0 Å². The minimum atomic E-state index is 0.0488. The maximum Gasteiger partial charge on any atom is 0.0989 e. The van der Waals surface area contributed by atoms with Gasteiger partial charge in [0.05, 0.1) is 12.3 Å². The van der Waals surface area contributed by atoms with Crippen LogP contribution in [0.5, 0.6) is 0 Å². The number of aryl methyl sites for hydroxylation is 1. The van der Waals surface area contributed by atoms with Crippen LogP contribution in [0.2, 0.25) is 5.02 Å². The van der Waals surface area contributed by atoms with E-state index in [9.17, 15) is 0 Å². The van der Waals surface area contributed by atoms with E-state index in [0.29, 0.717) is 13.1 Å². The summed E-state index contributed by atoms with van der Waals surface area (Å²) >= 11 is 6.33. The molecule has 0 saturated carbocycles. The largest absolute Gasteiger partial charge is 0.512 e.